The van der Waals surface area contributed by atoms with E-state index in [4.69, 9.17) is 18.6 Å². The standard InChI is InChI=1S/C30H38O4Si/c1-23(29-27(21-28(31-5)33-29)32-22-24-15-9-6-10-16-24)34-35(30(2,3)4,25-17-11-7-12-18-25)26-19-13-8-14-20-26/h6-20,23,27-29H,21-22H2,1-5H3/t23-,27+,28-,29-/m1/s1. The van der Waals surface area contributed by atoms with Gasteiger partial charge in [-0.3, -0.25) is 0 Å². The molecule has 0 aromatic heterocycles. The molecule has 1 aliphatic rings. The van der Waals surface area contributed by atoms with Crippen molar-refractivity contribution in [3.63, 3.8) is 0 Å². The summed E-state index contributed by atoms with van der Waals surface area (Å²) in [6.45, 7) is 9.54. The molecule has 0 unspecified atom stereocenters. The fourth-order valence-electron chi connectivity index (χ4n) is 5.18. The summed E-state index contributed by atoms with van der Waals surface area (Å²) >= 11 is 0. The maximum Gasteiger partial charge on any atom is 0.261 e. The third kappa shape index (κ3) is 5.60. The molecule has 0 saturated carbocycles. The molecule has 186 valence electrons. The molecule has 5 heteroatoms. The highest BCUT2D eigenvalue weighted by Crippen LogP contribution is 2.39. The third-order valence-electron chi connectivity index (χ3n) is 6.91. The highest BCUT2D eigenvalue weighted by Gasteiger charge is 2.53. The van der Waals surface area contributed by atoms with Gasteiger partial charge in [-0.05, 0) is 27.9 Å². The van der Waals surface area contributed by atoms with E-state index in [0.29, 0.717) is 13.0 Å². The smallest absolute Gasteiger partial charge is 0.261 e. The minimum absolute atomic E-state index is 0.108. The molecule has 0 N–H and O–H groups in total. The molecule has 0 amide bonds. The fourth-order valence-corrected chi connectivity index (χ4v) is 9.89. The van der Waals surface area contributed by atoms with Crippen LogP contribution in [0.4, 0.5) is 0 Å². The first-order valence-corrected chi connectivity index (χ1v) is 14.4. The van der Waals surface area contributed by atoms with E-state index in [9.17, 15) is 0 Å². The third-order valence-corrected chi connectivity index (χ3v) is 12.0. The predicted octanol–water partition coefficient (Wildman–Crippen LogP) is 5.30. The summed E-state index contributed by atoms with van der Waals surface area (Å²) in [5.74, 6) is 0. The van der Waals surface area contributed by atoms with Crippen molar-refractivity contribution < 1.29 is 18.6 Å². The summed E-state index contributed by atoms with van der Waals surface area (Å²) in [5, 5.41) is 2.41. The van der Waals surface area contributed by atoms with Crippen molar-refractivity contribution in [1.82, 2.24) is 0 Å². The summed E-state index contributed by atoms with van der Waals surface area (Å²) in [6.07, 6.45) is -0.158. The lowest BCUT2D eigenvalue weighted by Gasteiger charge is -2.45. The van der Waals surface area contributed by atoms with Gasteiger partial charge in [-0.1, -0.05) is 112 Å². The van der Waals surface area contributed by atoms with Crippen molar-refractivity contribution in [1.29, 1.82) is 0 Å². The number of methoxy groups -OCH3 is 1. The van der Waals surface area contributed by atoms with Gasteiger partial charge in [0.25, 0.3) is 8.32 Å². The Morgan fingerprint density at radius 1 is 0.857 bits per heavy atom. The van der Waals surface area contributed by atoms with Gasteiger partial charge >= 0.3 is 0 Å². The van der Waals surface area contributed by atoms with Gasteiger partial charge in [-0.25, -0.2) is 0 Å². The summed E-state index contributed by atoms with van der Waals surface area (Å²) < 4.78 is 25.7. The topological polar surface area (TPSA) is 36.9 Å². The largest absolute Gasteiger partial charge is 0.402 e. The van der Waals surface area contributed by atoms with Crippen LogP contribution in [-0.4, -0.2) is 40.0 Å². The molecule has 4 atom stereocenters. The van der Waals surface area contributed by atoms with Crippen LogP contribution in [0.25, 0.3) is 0 Å². The van der Waals surface area contributed by atoms with E-state index >= 15 is 0 Å². The van der Waals surface area contributed by atoms with Crippen LogP contribution in [0.2, 0.25) is 5.04 Å². The van der Waals surface area contributed by atoms with Gasteiger partial charge < -0.3 is 18.6 Å². The van der Waals surface area contributed by atoms with E-state index in [1.54, 1.807) is 7.11 Å². The number of ether oxygens (including phenoxy) is 3. The van der Waals surface area contributed by atoms with Crippen molar-refractivity contribution in [3.05, 3.63) is 96.6 Å². The SMILES string of the molecule is CO[C@H]1C[C@H](OCc2ccccc2)[C@@H]([C@@H](C)O[Si](c2ccccc2)(c2ccccc2)C(C)(C)C)O1. The molecule has 35 heavy (non-hydrogen) atoms. The monoisotopic (exact) mass is 490 g/mol. The molecule has 0 aliphatic carbocycles. The van der Waals surface area contributed by atoms with Crippen molar-refractivity contribution in [2.24, 2.45) is 0 Å². The van der Waals surface area contributed by atoms with Crippen LogP contribution in [0.3, 0.4) is 0 Å². The van der Waals surface area contributed by atoms with E-state index in [2.05, 4.69) is 100 Å². The van der Waals surface area contributed by atoms with E-state index in [1.165, 1.54) is 10.4 Å². The number of rotatable bonds is 9. The van der Waals surface area contributed by atoms with Crippen molar-refractivity contribution in [3.8, 4) is 0 Å². The molecule has 0 bridgehead atoms. The van der Waals surface area contributed by atoms with E-state index in [1.807, 2.05) is 18.2 Å². The first-order chi connectivity index (χ1) is 16.8. The van der Waals surface area contributed by atoms with Crippen LogP contribution in [0.1, 0.15) is 39.7 Å². The zero-order valence-corrected chi connectivity index (χ0v) is 22.5. The van der Waals surface area contributed by atoms with Crippen LogP contribution in [0.5, 0.6) is 0 Å². The van der Waals surface area contributed by atoms with Crippen LogP contribution < -0.4 is 10.4 Å². The van der Waals surface area contributed by atoms with Crippen LogP contribution in [0.15, 0.2) is 91.0 Å². The van der Waals surface area contributed by atoms with Crippen molar-refractivity contribution in [2.75, 3.05) is 7.11 Å². The lowest BCUT2D eigenvalue weighted by atomic mass is 10.1. The van der Waals surface area contributed by atoms with Crippen LogP contribution in [0, 0.1) is 0 Å². The normalized spacial score (nSPS) is 21.7. The van der Waals surface area contributed by atoms with E-state index < -0.39 is 8.32 Å². The van der Waals surface area contributed by atoms with E-state index in [0.717, 1.165) is 5.56 Å². The number of benzene rings is 3. The van der Waals surface area contributed by atoms with E-state index in [-0.39, 0.29) is 29.6 Å². The Kier molecular flexibility index (Phi) is 8.25. The van der Waals surface area contributed by atoms with Crippen LogP contribution >= 0.6 is 0 Å². The second-order valence-corrected chi connectivity index (χ2v) is 14.6. The first-order valence-electron chi connectivity index (χ1n) is 12.5. The summed E-state index contributed by atoms with van der Waals surface area (Å²) in [4.78, 5) is 0. The fraction of sp³-hybridized carbons (Fsp3) is 0.400. The number of hydrogen-bond donors (Lipinski definition) is 0. The molecule has 0 spiro atoms. The molecule has 4 rings (SSSR count). The molecule has 1 saturated heterocycles. The Morgan fingerprint density at radius 2 is 1.37 bits per heavy atom. The zero-order valence-electron chi connectivity index (χ0n) is 21.5. The summed E-state index contributed by atoms with van der Waals surface area (Å²) in [6, 6.07) is 31.7. The highest BCUT2D eigenvalue weighted by molar-refractivity contribution is 6.99. The second kappa shape index (κ2) is 11.2. The van der Waals surface area contributed by atoms with Gasteiger partial charge in [0.1, 0.15) is 6.10 Å². The molecule has 3 aromatic rings. The summed E-state index contributed by atoms with van der Waals surface area (Å²) in [7, 11) is -1.02. The Bertz CT molecular complexity index is 997. The lowest BCUT2D eigenvalue weighted by Crippen LogP contribution is -2.68. The number of hydrogen-bond acceptors (Lipinski definition) is 4. The second-order valence-electron chi connectivity index (χ2n) is 10.3. The average Bonchev–Trinajstić information content (AvgIpc) is 3.30. The van der Waals surface area contributed by atoms with Crippen LogP contribution in [-0.2, 0) is 25.2 Å². The van der Waals surface area contributed by atoms with Gasteiger partial charge in [-0.15, -0.1) is 0 Å². The average molecular weight is 491 g/mol. The Morgan fingerprint density at radius 3 is 1.86 bits per heavy atom. The zero-order chi connectivity index (χ0) is 24.9. The Balaban J connectivity index is 1.66. The minimum atomic E-state index is -2.70. The molecular formula is C30H38O4Si. The van der Waals surface area contributed by atoms with Gasteiger partial charge in [0, 0.05) is 13.5 Å². The summed E-state index contributed by atoms with van der Waals surface area (Å²) in [5.41, 5.74) is 1.15. The minimum Gasteiger partial charge on any atom is -0.402 e. The van der Waals surface area contributed by atoms with Gasteiger partial charge in [0.15, 0.2) is 6.29 Å². The first kappa shape index (κ1) is 25.8. The van der Waals surface area contributed by atoms with Crippen molar-refractivity contribution >= 4 is 18.7 Å². The lowest BCUT2D eigenvalue weighted by molar-refractivity contribution is -0.143. The molecule has 3 aromatic carbocycles. The maximum atomic E-state index is 7.31. The van der Waals surface area contributed by atoms with Gasteiger partial charge in [0.2, 0.25) is 0 Å². The molecule has 0 radical (unpaired) electrons. The molecule has 1 fully saturated rings. The van der Waals surface area contributed by atoms with Crippen molar-refractivity contribution in [2.45, 2.75) is 70.4 Å². The quantitative estimate of drug-likeness (QED) is 0.382. The highest BCUT2D eigenvalue weighted by atomic mass is 28.4. The molecular weight excluding hydrogens is 452 g/mol. The molecule has 1 heterocycles. The van der Waals surface area contributed by atoms with Gasteiger partial charge in [-0.2, -0.15) is 0 Å². The Labute approximate surface area is 211 Å². The van der Waals surface area contributed by atoms with Gasteiger partial charge in [0.05, 0.1) is 18.8 Å². The predicted molar refractivity (Wildman–Crippen MR) is 143 cm³/mol. The molecule has 1 aliphatic heterocycles. The Hall–Kier alpha value is -2.28. The maximum absolute atomic E-state index is 7.31. The molecule has 4 nitrogen and oxygen atoms in total.